The van der Waals surface area contributed by atoms with Crippen molar-refractivity contribution in [1.29, 1.82) is 0 Å². The summed E-state index contributed by atoms with van der Waals surface area (Å²) in [6.07, 6.45) is 0. The number of imidazole rings is 1. The van der Waals surface area contributed by atoms with Crippen molar-refractivity contribution in [2.24, 2.45) is 0 Å². The summed E-state index contributed by atoms with van der Waals surface area (Å²) < 4.78 is 12.6. The molecule has 0 aliphatic carbocycles. The molecule has 0 saturated heterocycles. The number of carbonyl (C=O) groups excluding carboxylic acids is 1. The smallest absolute Gasteiger partial charge is 0.230 e. The summed E-state index contributed by atoms with van der Waals surface area (Å²) in [5, 5.41) is 3.87. The molecule has 0 fully saturated rings. The molecule has 0 spiro atoms. The highest BCUT2D eigenvalue weighted by atomic mass is 32.2. The molecule has 7 heteroatoms. The van der Waals surface area contributed by atoms with Crippen LogP contribution in [0.3, 0.4) is 0 Å². The van der Waals surface area contributed by atoms with E-state index in [2.05, 4.69) is 14.9 Å². The average Bonchev–Trinajstić information content (AvgIpc) is 2.91. The van der Waals surface area contributed by atoms with E-state index < -0.39 is 0 Å². The molecule has 0 aliphatic rings. The molecular weight excluding hydrogens is 350 g/mol. The zero-order valence-electron chi connectivity index (χ0n) is 16.0. The van der Waals surface area contributed by atoms with Gasteiger partial charge < -0.3 is 19.4 Å². The van der Waals surface area contributed by atoms with Gasteiger partial charge >= 0.3 is 0 Å². The van der Waals surface area contributed by atoms with Crippen LogP contribution < -0.4 is 10.1 Å². The predicted octanol–water partition coefficient (Wildman–Crippen LogP) is 3.12. The predicted molar refractivity (Wildman–Crippen MR) is 104 cm³/mol. The van der Waals surface area contributed by atoms with E-state index in [-0.39, 0.29) is 11.9 Å². The molecule has 1 aromatic carbocycles. The topological polar surface area (TPSA) is 65.4 Å². The van der Waals surface area contributed by atoms with Crippen LogP contribution in [-0.2, 0) is 16.1 Å². The molecule has 0 aliphatic heterocycles. The molecule has 142 valence electrons. The lowest BCUT2D eigenvalue weighted by Crippen LogP contribution is -2.28. The monoisotopic (exact) mass is 377 g/mol. The first kappa shape index (κ1) is 20.3. The number of hydrogen-bond acceptors (Lipinski definition) is 5. The third-order valence-corrected chi connectivity index (χ3v) is 5.23. The largest absolute Gasteiger partial charge is 0.496 e. The number of aryl methyl sites for hydroxylation is 1. The Balaban J connectivity index is 1.97. The fourth-order valence-electron chi connectivity index (χ4n) is 2.69. The van der Waals surface area contributed by atoms with Gasteiger partial charge in [0, 0.05) is 24.9 Å². The fourth-order valence-corrected chi connectivity index (χ4v) is 3.62. The van der Waals surface area contributed by atoms with E-state index >= 15 is 0 Å². The minimum atomic E-state index is -0.129. The molecule has 0 bridgehead atoms. The number of benzene rings is 1. The number of thioether (sulfide) groups is 1. The molecule has 0 saturated carbocycles. The lowest BCUT2D eigenvalue weighted by atomic mass is 10.1. The van der Waals surface area contributed by atoms with Gasteiger partial charge in [-0.3, -0.25) is 4.79 Å². The molecule has 2 rings (SSSR count). The number of hydrogen-bond donors (Lipinski definition) is 1. The van der Waals surface area contributed by atoms with Gasteiger partial charge in [-0.2, -0.15) is 0 Å². The van der Waals surface area contributed by atoms with Crippen LogP contribution in [0.4, 0.5) is 0 Å². The summed E-state index contributed by atoms with van der Waals surface area (Å²) in [7, 11) is 3.31. The normalized spacial score (nSPS) is 12.0. The third kappa shape index (κ3) is 5.02. The summed E-state index contributed by atoms with van der Waals surface area (Å²) in [5.41, 5.74) is 3.04. The van der Waals surface area contributed by atoms with Crippen LogP contribution in [0, 0.1) is 13.8 Å². The van der Waals surface area contributed by atoms with Crippen LogP contribution in [0.5, 0.6) is 5.75 Å². The fraction of sp³-hybridized carbons (Fsp3) is 0.474. The number of methoxy groups -OCH3 is 2. The summed E-state index contributed by atoms with van der Waals surface area (Å²) in [6.45, 7) is 7.30. The first-order valence-corrected chi connectivity index (χ1v) is 9.54. The summed E-state index contributed by atoms with van der Waals surface area (Å²) in [5.74, 6) is 1.04. The van der Waals surface area contributed by atoms with Crippen molar-refractivity contribution in [3.8, 4) is 5.75 Å². The van der Waals surface area contributed by atoms with Crippen LogP contribution >= 0.6 is 11.8 Å². The number of aromatic nitrogens is 2. The molecule has 1 amide bonds. The van der Waals surface area contributed by atoms with Crippen LogP contribution in [0.25, 0.3) is 0 Å². The first-order valence-electron chi connectivity index (χ1n) is 8.55. The standard InChI is InChI=1S/C19H27N3O3S/c1-13-15(3)22(10-11-24-4)19(21-13)26-12-18(23)20-14(2)16-8-6-7-9-17(16)25-5/h6-9,14H,10-12H2,1-5H3,(H,20,23)/t14-/m1/s1. The maximum Gasteiger partial charge on any atom is 0.230 e. The Bertz CT molecular complexity index is 746. The first-order chi connectivity index (χ1) is 12.5. The molecule has 1 N–H and O–H groups in total. The minimum Gasteiger partial charge on any atom is -0.496 e. The van der Waals surface area contributed by atoms with Crippen molar-refractivity contribution in [3.63, 3.8) is 0 Å². The molecule has 0 unspecified atom stereocenters. The molecule has 1 heterocycles. The second kappa shape index (κ2) is 9.64. The third-order valence-electron chi connectivity index (χ3n) is 4.26. The van der Waals surface area contributed by atoms with Crippen molar-refractivity contribution in [3.05, 3.63) is 41.2 Å². The highest BCUT2D eigenvalue weighted by Crippen LogP contribution is 2.25. The Morgan fingerprint density at radius 1 is 1.31 bits per heavy atom. The summed E-state index contributed by atoms with van der Waals surface area (Å²) in [4.78, 5) is 17.0. The van der Waals surface area contributed by atoms with Crippen molar-refractivity contribution >= 4 is 17.7 Å². The van der Waals surface area contributed by atoms with Crippen molar-refractivity contribution in [1.82, 2.24) is 14.9 Å². The van der Waals surface area contributed by atoms with Gasteiger partial charge in [0.25, 0.3) is 0 Å². The molecule has 1 atom stereocenters. The van der Waals surface area contributed by atoms with Gasteiger partial charge in [0.2, 0.25) is 5.91 Å². The number of ether oxygens (including phenoxy) is 2. The summed E-state index contributed by atoms with van der Waals surface area (Å²) >= 11 is 1.44. The van der Waals surface area contributed by atoms with Gasteiger partial charge in [0.1, 0.15) is 5.75 Å². The molecule has 6 nitrogen and oxygen atoms in total. The SMILES string of the molecule is COCCn1c(SCC(=O)N[C@H](C)c2ccccc2OC)nc(C)c1C. The van der Waals surface area contributed by atoms with Crippen molar-refractivity contribution in [2.45, 2.75) is 38.5 Å². The Kier molecular flexibility index (Phi) is 7.53. The van der Waals surface area contributed by atoms with Crippen LogP contribution in [0.15, 0.2) is 29.4 Å². The van der Waals surface area contributed by atoms with Gasteiger partial charge in [-0.25, -0.2) is 4.98 Å². The second-order valence-corrected chi connectivity index (χ2v) is 6.97. The summed E-state index contributed by atoms with van der Waals surface area (Å²) in [6, 6.07) is 7.58. The van der Waals surface area contributed by atoms with E-state index in [1.54, 1.807) is 14.2 Å². The number of amides is 1. The van der Waals surface area contributed by atoms with Crippen LogP contribution in [0.1, 0.15) is 29.9 Å². The molecule has 0 radical (unpaired) electrons. The number of carbonyl (C=O) groups is 1. The van der Waals surface area contributed by atoms with E-state index in [0.717, 1.165) is 34.4 Å². The van der Waals surface area contributed by atoms with Gasteiger partial charge in [0.15, 0.2) is 5.16 Å². The molecule has 2 aromatic rings. The minimum absolute atomic E-state index is 0.0370. The van der Waals surface area contributed by atoms with E-state index in [0.29, 0.717) is 12.4 Å². The van der Waals surface area contributed by atoms with E-state index in [1.165, 1.54) is 11.8 Å². The zero-order valence-corrected chi connectivity index (χ0v) is 16.9. The Hall–Kier alpha value is -1.99. The second-order valence-electron chi connectivity index (χ2n) is 6.03. The van der Waals surface area contributed by atoms with Gasteiger partial charge in [-0.1, -0.05) is 30.0 Å². The number of para-hydroxylation sites is 1. The number of rotatable bonds is 9. The van der Waals surface area contributed by atoms with Gasteiger partial charge in [0.05, 0.1) is 31.2 Å². The van der Waals surface area contributed by atoms with Crippen molar-refractivity contribution < 1.29 is 14.3 Å². The van der Waals surface area contributed by atoms with E-state index in [4.69, 9.17) is 9.47 Å². The Morgan fingerprint density at radius 2 is 2.04 bits per heavy atom. The highest BCUT2D eigenvalue weighted by Gasteiger charge is 2.16. The average molecular weight is 378 g/mol. The zero-order chi connectivity index (χ0) is 19.1. The molecule has 1 aromatic heterocycles. The van der Waals surface area contributed by atoms with Gasteiger partial charge in [-0.15, -0.1) is 0 Å². The quantitative estimate of drug-likeness (QED) is 0.680. The van der Waals surface area contributed by atoms with Crippen LogP contribution in [0.2, 0.25) is 0 Å². The Morgan fingerprint density at radius 3 is 2.73 bits per heavy atom. The Labute approximate surface area is 159 Å². The number of nitrogens with one attached hydrogen (secondary N) is 1. The lowest BCUT2D eigenvalue weighted by molar-refractivity contribution is -0.119. The maximum atomic E-state index is 12.4. The lowest BCUT2D eigenvalue weighted by Gasteiger charge is -2.17. The van der Waals surface area contributed by atoms with Crippen LogP contribution in [-0.4, -0.2) is 42.0 Å². The molecular formula is C19H27N3O3S. The van der Waals surface area contributed by atoms with E-state index in [1.807, 2.05) is 45.0 Å². The maximum absolute atomic E-state index is 12.4. The molecule has 26 heavy (non-hydrogen) atoms. The highest BCUT2D eigenvalue weighted by molar-refractivity contribution is 7.99. The van der Waals surface area contributed by atoms with E-state index in [9.17, 15) is 4.79 Å². The van der Waals surface area contributed by atoms with Crippen molar-refractivity contribution in [2.75, 3.05) is 26.6 Å². The number of nitrogens with zero attached hydrogens (tertiary/aromatic N) is 2. The van der Waals surface area contributed by atoms with Gasteiger partial charge in [-0.05, 0) is 26.8 Å².